The minimum absolute atomic E-state index is 0.0686. The quantitative estimate of drug-likeness (QED) is 0.830. The van der Waals surface area contributed by atoms with E-state index in [1.807, 2.05) is 13.8 Å². The van der Waals surface area contributed by atoms with E-state index in [-0.39, 0.29) is 24.3 Å². The van der Waals surface area contributed by atoms with Crippen LogP contribution in [0.2, 0.25) is 0 Å². The number of aliphatic hydroxyl groups is 1. The summed E-state index contributed by atoms with van der Waals surface area (Å²) in [6.45, 7) is 5.19. The lowest BCUT2D eigenvalue weighted by Gasteiger charge is -2.18. The molecule has 0 spiro atoms. The maximum Gasteiger partial charge on any atom is 0.260 e. The van der Waals surface area contributed by atoms with E-state index in [1.165, 1.54) is 18.2 Å². The van der Waals surface area contributed by atoms with E-state index in [2.05, 4.69) is 5.32 Å². The molecule has 106 valence electrons. The molecule has 1 rings (SSSR count). The number of hydrogen-bond acceptors (Lipinski definition) is 3. The van der Waals surface area contributed by atoms with E-state index in [4.69, 9.17) is 9.84 Å². The topological polar surface area (TPSA) is 58.6 Å². The Bertz CT molecular complexity index is 437. The minimum Gasteiger partial charge on any atom is -0.481 e. The second-order valence-electron chi connectivity index (χ2n) is 4.53. The zero-order valence-corrected chi connectivity index (χ0v) is 11.4. The molecule has 1 aromatic carbocycles. The lowest BCUT2D eigenvalue weighted by molar-refractivity contribution is -0.127. The number of halogens is 1. The number of carbonyl (C=O) groups excluding carboxylic acids is 1. The van der Waals surface area contributed by atoms with Gasteiger partial charge in [0.1, 0.15) is 11.6 Å². The van der Waals surface area contributed by atoms with Crippen molar-refractivity contribution in [3.8, 4) is 5.75 Å². The molecule has 0 aliphatic rings. The molecule has 0 saturated carbocycles. The van der Waals surface area contributed by atoms with Crippen LogP contribution in [0.15, 0.2) is 18.2 Å². The SMILES string of the molecule is CCC(C)NC(=O)C(C)Oc1cc(F)cc(CO)c1. The van der Waals surface area contributed by atoms with Crippen molar-refractivity contribution in [1.29, 1.82) is 0 Å². The smallest absolute Gasteiger partial charge is 0.260 e. The Morgan fingerprint density at radius 2 is 2.11 bits per heavy atom. The lowest BCUT2D eigenvalue weighted by atomic mass is 10.2. The highest BCUT2D eigenvalue weighted by Crippen LogP contribution is 2.18. The molecule has 2 atom stereocenters. The third-order valence-electron chi connectivity index (χ3n) is 2.80. The van der Waals surface area contributed by atoms with Crippen molar-refractivity contribution >= 4 is 5.91 Å². The monoisotopic (exact) mass is 269 g/mol. The molecule has 0 aliphatic heterocycles. The van der Waals surface area contributed by atoms with Crippen molar-refractivity contribution in [2.45, 2.75) is 45.9 Å². The van der Waals surface area contributed by atoms with Gasteiger partial charge in [-0.05, 0) is 38.0 Å². The predicted molar refractivity (Wildman–Crippen MR) is 70.3 cm³/mol. The van der Waals surface area contributed by atoms with E-state index in [0.717, 1.165) is 6.42 Å². The van der Waals surface area contributed by atoms with Crippen molar-refractivity contribution in [3.05, 3.63) is 29.6 Å². The Hall–Kier alpha value is -1.62. The molecule has 1 aromatic rings. The van der Waals surface area contributed by atoms with Crippen molar-refractivity contribution in [1.82, 2.24) is 5.32 Å². The number of nitrogens with one attached hydrogen (secondary N) is 1. The van der Waals surface area contributed by atoms with Gasteiger partial charge in [0.2, 0.25) is 0 Å². The Kier molecular flexibility index (Phi) is 5.76. The summed E-state index contributed by atoms with van der Waals surface area (Å²) in [5.74, 6) is -0.518. The molecule has 0 aliphatic carbocycles. The van der Waals surface area contributed by atoms with Crippen LogP contribution < -0.4 is 10.1 Å². The lowest BCUT2D eigenvalue weighted by Crippen LogP contribution is -2.41. The van der Waals surface area contributed by atoms with Gasteiger partial charge in [0.25, 0.3) is 5.91 Å². The van der Waals surface area contributed by atoms with E-state index in [9.17, 15) is 9.18 Å². The van der Waals surface area contributed by atoms with Gasteiger partial charge in [-0.25, -0.2) is 4.39 Å². The molecule has 4 nitrogen and oxygen atoms in total. The van der Waals surface area contributed by atoms with Gasteiger partial charge < -0.3 is 15.2 Å². The fraction of sp³-hybridized carbons (Fsp3) is 0.500. The summed E-state index contributed by atoms with van der Waals surface area (Å²) >= 11 is 0. The van der Waals surface area contributed by atoms with Crippen molar-refractivity contribution in [2.75, 3.05) is 0 Å². The number of carbonyl (C=O) groups is 1. The fourth-order valence-electron chi connectivity index (χ4n) is 1.50. The largest absolute Gasteiger partial charge is 0.481 e. The average molecular weight is 269 g/mol. The molecule has 0 saturated heterocycles. The summed E-state index contributed by atoms with van der Waals surface area (Å²) in [4.78, 5) is 11.8. The Morgan fingerprint density at radius 1 is 1.42 bits per heavy atom. The molecule has 0 fully saturated rings. The van der Waals surface area contributed by atoms with Crippen LogP contribution in [0, 0.1) is 5.82 Å². The van der Waals surface area contributed by atoms with Gasteiger partial charge >= 0.3 is 0 Å². The average Bonchev–Trinajstić information content (AvgIpc) is 2.37. The summed E-state index contributed by atoms with van der Waals surface area (Å²) in [7, 11) is 0. The maximum absolute atomic E-state index is 13.2. The maximum atomic E-state index is 13.2. The van der Waals surface area contributed by atoms with Gasteiger partial charge in [0.15, 0.2) is 6.10 Å². The number of amides is 1. The second kappa shape index (κ2) is 7.09. The third-order valence-corrected chi connectivity index (χ3v) is 2.80. The third kappa shape index (κ3) is 4.87. The van der Waals surface area contributed by atoms with Gasteiger partial charge in [-0.1, -0.05) is 6.92 Å². The highest BCUT2D eigenvalue weighted by molar-refractivity contribution is 5.80. The van der Waals surface area contributed by atoms with Crippen LogP contribution in [0.25, 0.3) is 0 Å². The summed E-state index contributed by atoms with van der Waals surface area (Å²) in [5, 5.41) is 11.8. The first kappa shape index (κ1) is 15.4. The first-order chi connectivity index (χ1) is 8.96. The van der Waals surface area contributed by atoms with E-state index in [0.29, 0.717) is 5.56 Å². The molecule has 5 heteroatoms. The zero-order chi connectivity index (χ0) is 14.4. The highest BCUT2D eigenvalue weighted by Gasteiger charge is 2.16. The van der Waals surface area contributed by atoms with Crippen LogP contribution in [0.5, 0.6) is 5.75 Å². The van der Waals surface area contributed by atoms with E-state index < -0.39 is 11.9 Å². The van der Waals surface area contributed by atoms with Gasteiger partial charge in [-0.15, -0.1) is 0 Å². The van der Waals surface area contributed by atoms with Crippen LogP contribution in [-0.2, 0) is 11.4 Å². The molecule has 0 heterocycles. The van der Waals surface area contributed by atoms with Crippen molar-refractivity contribution in [3.63, 3.8) is 0 Å². The van der Waals surface area contributed by atoms with Crippen LogP contribution in [0.1, 0.15) is 32.8 Å². The number of rotatable bonds is 6. The summed E-state index contributed by atoms with van der Waals surface area (Å²) in [5.41, 5.74) is 0.407. The zero-order valence-electron chi connectivity index (χ0n) is 11.4. The van der Waals surface area contributed by atoms with Crippen LogP contribution in [0.4, 0.5) is 4.39 Å². The number of ether oxygens (including phenoxy) is 1. The van der Waals surface area contributed by atoms with Crippen LogP contribution in [-0.4, -0.2) is 23.2 Å². The standard InChI is InChI=1S/C14H20FNO3/c1-4-9(2)16-14(18)10(3)19-13-6-11(8-17)5-12(15)7-13/h5-7,9-10,17H,4,8H2,1-3H3,(H,16,18). The fourth-order valence-corrected chi connectivity index (χ4v) is 1.50. The van der Waals surface area contributed by atoms with E-state index in [1.54, 1.807) is 6.92 Å². The summed E-state index contributed by atoms with van der Waals surface area (Å²) in [6.07, 6.45) is 0.106. The second-order valence-corrected chi connectivity index (χ2v) is 4.53. The van der Waals surface area contributed by atoms with Gasteiger partial charge in [-0.2, -0.15) is 0 Å². The normalized spacial score (nSPS) is 13.7. The first-order valence-electron chi connectivity index (χ1n) is 6.33. The number of hydrogen-bond donors (Lipinski definition) is 2. The first-order valence-corrected chi connectivity index (χ1v) is 6.33. The number of aliphatic hydroxyl groups excluding tert-OH is 1. The van der Waals surface area contributed by atoms with Gasteiger partial charge in [-0.3, -0.25) is 4.79 Å². The van der Waals surface area contributed by atoms with Gasteiger partial charge in [0.05, 0.1) is 6.61 Å². The molecule has 0 aromatic heterocycles. The molecule has 19 heavy (non-hydrogen) atoms. The number of benzene rings is 1. The summed E-state index contributed by atoms with van der Waals surface area (Å²) in [6, 6.07) is 3.98. The molecule has 0 bridgehead atoms. The van der Waals surface area contributed by atoms with Crippen LogP contribution >= 0.6 is 0 Å². The Balaban J connectivity index is 2.68. The molecular formula is C14H20FNO3. The molecule has 2 unspecified atom stereocenters. The van der Waals surface area contributed by atoms with Crippen LogP contribution in [0.3, 0.4) is 0 Å². The summed E-state index contributed by atoms with van der Waals surface area (Å²) < 4.78 is 18.6. The highest BCUT2D eigenvalue weighted by atomic mass is 19.1. The van der Waals surface area contributed by atoms with E-state index >= 15 is 0 Å². The Labute approximate surface area is 112 Å². The molecule has 0 radical (unpaired) electrons. The Morgan fingerprint density at radius 3 is 2.68 bits per heavy atom. The minimum atomic E-state index is -0.720. The van der Waals surface area contributed by atoms with Crippen molar-refractivity contribution in [2.24, 2.45) is 0 Å². The predicted octanol–water partition coefficient (Wildman–Crippen LogP) is 2.00. The molecule has 1 amide bonds. The van der Waals surface area contributed by atoms with Crippen molar-refractivity contribution < 1.29 is 19.0 Å². The molecular weight excluding hydrogens is 249 g/mol. The van der Waals surface area contributed by atoms with Gasteiger partial charge in [0, 0.05) is 12.1 Å². The molecule has 2 N–H and O–H groups in total.